The number of morpholine rings is 1. The van der Waals surface area contributed by atoms with Gasteiger partial charge < -0.3 is 15.4 Å². The number of anilines is 1. The molecule has 1 heterocycles. The van der Waals surface area contributed by atoms with Crippen molar-refractivity contribution >= 4 is 11.6 Å². The first kappa shape index (κ1) is 11.7. The van der Waals surface area contributed by atoms with Crippen LogP contribution in [0.25, 0.3) is 0 Å². The van der Waals surface area contributed by atoms with Crippen LogP contribution in [0.15, 0.2) is 18.2 Å². The van der Waals surface area contributed by atoms with Crippen molar-refractivity contribution in [2.24, 2.45) is 5.73 Å². The van der Waals surface area contributed by atoms with Gasteiger partial charge in [-0.25, -0.2) is 0 Å². The van der Waals surface area contributed by atoms with Gasteiger partial charge in [0, 0.05) is 12.2 Å². The van der Waals surface area contributed by atoms with E-state index < -0.39 is 0 Å². The number of amides is 1. The summed E-state index contributed by atoms with van der Waals surface area (Å²) >= 11 is 0. The van der Waals surface area contributed by atoms with Gasteiger partial charge in [0.2, 0.25) is 0 Å². The highest BCUT2D eigenvalue weighted by atomic mass is 16.5. The summed E-state index contributed by atoms with van der Waals surface area (Å²) in [4.78, 5) is 13.7. The Balaban J connectivity index is 1.86. The van der Waals surface area contributed by atoms with E-state index in [1.807, 2.05) is 6.07 Å². The SMILES string of the molecule is NCC1CN(c2ccc3c(c2)CCC3)C(=O)CO1. The quantitative estimate of drug-likeness (QED) is 0.842. The molecule has 0 aromatic heterocycles. The number of rotatable bonds is 2. The van der Waals surface area contributed by atoms with Gasteiger partial charge in [-0.2, -0.15) is 0 Å². The van der Waals surface area contributed by atoms with E-state index >= 15 is 0 Å². The second-order valence-electron chi connectivity index (χ2n) is 4.98. The minimum atomic E-state index is -0.0454. The summed E-state index contributed by atoms with van der Waals surface area (Å²) in [6, 6.07) is 6.35. The molecule has 4 heteroatoms. The van der Waals surface area contributed by atoms with Crippen molar-refractivity contribution in [3.05, 3.63) is 29.3 Å². The van der Waals surface area contributed by atoms with Crippen molar-refractivity contribution in [2.75, 3.05) is 24.6 Å². The van der Waals surface area contributed by atoms with Gasteiger partial charge in [-0.3, -0.25) is 4.79 Å². The van der Waals surface area contributed by atoms with Crippen LogP contribution in [0.5, 0.6) is 0 Å². The molecule has 18 heavy (non-hydrogen) atoms. The van der Waals surface area contributed by atoms with E-state index in [4.69, 9.17) is 10.5 Å². The van der Waals surface area contributed by atoms with E-state index in [-0.39, 0.29) is 18.6 Å². The van der Waals surface area contributed by atoms with E-state index in [9.17, 15) is 4.79 Å². The van der Waals surface area contributed by atoms with Crippen LogP contribution >= 0.6 is 0 Å². The van der Waals surface area contributed by atoms with Crippen molar-refractivity contribution < 1.29 is 9.53 Å². The molecule has 0 bridgehead atoms. The molecule has 2 N–H and O–H groups in total. The van der Waals surface area contributed by atoms with E-state index in [1.54, 1.807) is 4.90 Å². The lowest BCUT2D eigenvalue weighted by Gasteiger charge is -2.32. The molecule has 1 fully saturated rings. The van der Waals surface area contributed by atoms with Gasteiger partial charge in [-0.05, 0) is 42.5 Å². The van der Waals surface area contributed by atoms with Crippen LogP contribution in [-0.2, 0) is 22.4 Å². The largest absolute Gasteiger partial charge is 0.365 e. The van der Waals surface area contributed by atoms with Crippen LogP contribution in [0.2, 0.25) is 0 Å². The predicted octanol–water partition coefficient (Wildman–Crippen LogP) is 0.866. The van der Waals surface area contributed by atoms with Crippen LogP contribution in [0.3, 0.4) is 0 Å². The second kappa shape index (κ2) is 4.71. The number of fused-ring (bicyclic) bond motifs is 1. The third kappa shape index (κ3) is 2.02. The smallest absolute Gasteiger partial charge is 0.253 e. The summed E-state index contributed by atoms with van der Waals surface area (Å²) < 4.78 is 5.37. The van der Waals surface area contributed by atoms with Gasteiger partial charge in [-0.15, -0.1) is 0 Å². The molecule has 1 atom stereocenters. The molecule has 2 aliphatic rings. The van der Waals surface area contributed by atoms with Gasteiger partial charge in [0.05, 0.1) is 12.6 Å². The Morgan fingerprint density at radius 3 is 3.00 bits per heavy atom. The molecule has 3 rings (SSSR count). The number of aryl methyl sites for hydroxylation is 2. The van der Waals surface area contributed by atoms with Gasteiger partial charge in [0.1, 0.15) is 6.61 Å². The maximum Gasteiger partial charge on any atom is 0.253 e. The molecule has 96 valence electrons. The summed E-state index contributed by atoms with van der Waals surface area (Å²) in [6.45, 7) is 1.15. The molecule has 0 saturated carbocycles. The molecule has 1 aliphatic heterocycles. The van der Waals surface area contributed by atoms with Crippen molar-refractivity contribution in [3.8, 4) is 0 Å². The third-order valence-corrected chi connectivity index (χ3v) is 3.79. The summed E-state index contributed by atoms with van der Waals surface area (Å²) in [5, 5.41) is 0. The van der Waals surface area contributed by atoms with Crippen LogP contribution in [0.4, 0.5) is 5.69 Å². The molecule has 1 unspecified atom stereocenters. The molecule has 1 amide bonds. The number of carbonyl (C=O) groups is 1. The summed E-state index contributed by atoms with van der Waals surface area (Å²) in [6.07, 6.45) is 3.47. The number of benzene rings is 1. The van der Waals surface area contributed by atoms with Crippen LogP contribution < -0.4 is 10.6 Å². The summed E-state index contributed by atoms with van der Waals surface area (Å²) in [5.41, 5.74) is 9.42. The molecule has 1 aliphatic carbocycles. The lowest BCUT2D eigenvalue weighted by atomic mass is 10.1. The average molecular weight is 246 g/mol. The Bertz CT molecular complexity index is 473. The monoisotopic (exact) mass is 246 g/mol. The third-order valence-electron chi connectivity index (χ3n) is 3.79. The molecule has 0 radical (unpaired) electrons. The lowest BCUT2D eigenvalue weighted by molar-refractivity contribution is -0.128. The number of hydrogen-bond acceptors (Lipinski definition) is 3. The predicted molar refractivity (Wildman–Crippen MR) is 69.6 cm³/mol. The number of nitrogens with two attached hydrogens (primary N) is 1. The Kier molecular flexibility index (Phi) is 3.06. The topological polar surface area (TPSA) is 55.6 Å². The van der Waals surface area contributed by atoms with Crippen LogP contribution in [0.1, 0.15) is 17.5 Å². The number of hydrogen-bond donors (Lipinski definition) is 1. The number of ether oxygens (including phenoxy) is 1. The second-order valence-corrected chi connectivity index (χ2v) is 4.98. The molecule has 1 aromatic rings. The molecular formula is C14H18N2O2. The molecule has 0 spiro atoms. The van der Waals surface area contributed by atoms with Crippen molar-refractivity contribution in [1.82, 2.24) is 0 Å². The molecular weight excluding hydrogens is 228 g/mol. The first-order valence-corrected chi connectivity index (χ1v) is 6.52. The van der Waals surface area contributed by atoms with Crippen molar-refractivity contribution in [2.45, 2.75) is 25.4 Å². The highest BCUT2D eigenvalue weighted by Crippen LogP contribution is 2.27. The Labute approximate surface area is 107 Å². The van der Waals surface area contributed by atoms with Gasteiger partial charge in [0.25, 0.3) is 5.91 Å². The first-order chi connectivity index (χ1) is 8.78. The van der Waals surface area contributed by atoms with E-state index in [1.165, 1.54) is 17.5 Å². The first-order valence-electron chi connectivity index (χ1n) is 6.52. The Hall–Kier alpha value is -1.39. The van der Waals surface area contributed by atoms with E-state index in [0.29, 0.717) is 13.1 Å². The molecule has 1 saturated heterocycles. The Morgan fingerprint density at radius 1 is 1.33 bits per heavy atom. The lowest BCUT2D eigenvalue weighted by Crippen LogP contribution is -2.49. The zero-order valence-electron chi connectivity index (χ0n) is 10.4. The maximum absolute atomic E-state index is 11.9. The highest BCUT2D eigenvalue weighted by molar-refractivity contribution is 5.95. The van der Waals surface area contributed by atoms with E-state index in [2.05, 4.69) is 12.1 Å². The van der Waals surface area contributed by atoms with Crippen molar-refractivity contribution in [3.63, 3.8) is 0 Å². The normalized spacial score (nSPS) is 23.3. The van der Waals surface area contributed by atoms with Gasteiger partial charge in [-0.1, -0.05) is 6.07 Å². The fourth-order valence-corrected chi connectivity index (χ4v) is 2.74. The average Bonchev–Trinajstić information content (AvgIpc) is 2.86. The van der Waals surface area contributed by atoms with Gasteiger partial charge in [0.15, 0.2) is 0 Å². The Morgan fingerprint density at radius 2 is 2.17 bits per heavy atom. The zero-order chi connectivity index (χ0) is 12.5. The van der Waals surface area contributed by atoms with Crippen LogP contribution in [0, 0.1) is 0 Å². The van der Waals surface area contributed by atoms with Gasteiger partial charge >= 0.3 is 0 Å². The minimum Gasteiger partial charge on any atom is -0.365 e. The summed E-state index contributed by atoms with van der Waals surface area (Å²) in [5.74, 6) is 0.0256. The highest BCUT2D eigenvalue weighted by Gasteiger charge is 2.27. The van der Waals surface area contributed by atoms with E-state index in [0.717, 1.165) is 18.5 Å². The fourth-order valence-electron chi connectivity index (χ4n) is 2.74. The number of carbonyl (C=O) groups excluding carboxylic acids is 1. The maximum atomic E-state index is 11.9. The standard InChI is InChI=1S/C14H18N2O2/c15-7-13-8-16(14(17)9-18-13)12-5-4-10-2-1-3-11(10)6-12/h4-6,13H,1-3,7-9,15H2. The van der Waals surface area contributed by atoms with Crippen LogP contribution in [-0.4, -0.2) is 31.7 Å². The van der Waals surface area contributed by atoms with Crippen molar-refractivity contribution in [1.29, 1.82) is 0 Å². The minimum absolute atomic E-state index is 0.0256. The fraction of sp³-hybridized carbons (Fsp3) is 0.500. The zero-order valence-corrected chi connectivity index (χ0v) is 10.4. The molecule has 4 nitrogen and oxygen atoms in total. The number of nitrogens with zero attached hydrogens (tertiary/aromatic N) is 1. The summed E-state index contributed by atoms with van der Waals surface area (Å²) in [7, 11) is 0. The molecule has 1 aromatic carbocycles.